The summed E-state index contributed by atoms with van der Waals surface area (Å²) in [5, 5.41) is 0. The van der Waals surface area contributed by atoms with Crippen molar-refractivity contribution in [3.63, 3.8) is 0 Å². The van der Waals surface area contributed by atoms with Gasteiger partial charge in [-0.2, -0.15) is 0 Å². The number of rotatable bonds is 2. The Kier molecular flexibility index (Phi) is 3.41. The monoisotopic (exact) mass is 349 g/mol. The Morgan fingerprint density at radius 1 is 1.53 bits per heavy atom. The Morgan fingerprint density at radius 2 is 2.24 bits per heavy atom. The minimum Gasteiger partial charge on any atom is -0.397 e. The summed E-state index contributed by atoms with van der Waals surface area (Å²) >= 11 is 1.90. The number of nitrogens with two attached hydrogens (primary N) is 2. The van der Waals surface area contributed by atoms with Crippen molar-refractivity contribution < 1.29 is 9.18 Å². The molecular formula is C11H13FIN3O. The minimum atomic E-state index is -0.308. The molecule has 1 aromatic carbocycles. The maximum atomic E-state index is 13.5. The number of primary amides is 1. The molecule has 1 aliphatic rings. The normalized spacial score (nSPS) is 19.6. The fourth-order valence-electron chi connectivity index (χ4n) is 2.04. The minimum absolute atomic E-state index is 0.170. The maximum Gasteiger partial charge on any atom is 0.222 e. The summed E-state index contributed by atoms with van der Waals surface area (Å²) in [4.78, 5) is 13.0. The third-order valence-corrected chi connectivity index (χ3v) is 3.83. The molecule has 0 aromatic heterocycles. The highest BCUT2D eigenvalue weighted by Gasteiger charge is 2.28. The van der Waals surface area contributed by atoms with Crippen molar-refractivity contribution in [2.75, 3.05) is 23.7 Å². The molecule has 2 rings (SSSR count). The van der Waals surface area contributed by atoms with E-state index < -0.39 is 0 Å². The molecule has 1 fully saturated rings. The van der Waals surface area contributed by atoms with Gasteiger partial charge in [-0.1, -0.05) is 0 Å². The first-order chi connectivity index (χ1) is 7.99. The van der Waals surface area contributed by atoms with Crippen molar-refractivity contribution in [3.8, 4) is 0 Å². The van der Waals surface area contributed by atoms with E-state index in [0.717, 1.165) is 0 Å². The molecule has 1 unspecified atom stereocenters. The Bertz CT molecular complexity index is 466. The second kappa shape index (κ2) is 4.67. The Morgan fingerprint density at radius 3 is 2.82 bits per heavy atom. The molecule has 0 radical (unpaired) electrons. The molecule has 1 saturated heterocycles. The highest BCUT2D eigenvalue weighted by atomic mass is 127. The number of carbonyl (C=O) groups is 1. The zero-order chi connectivity index (χ0) is 12.6. The lowest BCUT2D eigenvalue weighted by atomic mass is 10.1. The molecular weight excluding hydrogens is 336 g/mol. The second-order valence-electron chi connectivity index (χ2n) is 4.16. The first-order valence-electron chi connectivity index (χ1n) is 5.28. The van der Waals surface area contributed by atoms with Gasteiger partial charge in [0.2, 0.25) is 5.91 Å². The summed E-state index contributed by atoms with van der Waals surface area (Å²) in [6.45, 7) is 1.19. The maximum absolute atomic E-state index is 13.5. The van der Waals surface area contributed by atoms with Crippen LogP contribution in [-0.4, -0.2) is 19.0 Å². The second-order valence-corrected chi connectivity index (χ2v) is 5.32. The Balaban J connectivity index is 2.24. The molecule has 4 nitrogen and oxygen atoms in total. The Hall–Kier alpha value is -1.05. The van der Waals surface area contributed by atoms with E-state index >= 15 is 0 Å². The molecule has 0 aliphatic carbocycles. The molecule has 0 saturated carbocycles. The van der Waals surface area contributed by atoms with Gasteiger partial charge in [0, 0.05) is 19.2 Å². The molecule has 4 N–H and O–H groups in total. The van der Waals surface area contributed by atoms with Crippen LogP contribution in [0.5, 0.6) is 0 Å². The van der Waals surface area contributed by atoms with Gasteiger partial charge in [0.1, 0.15) is 5.82 Å². The smallest absolute Gasteiger partial charge is 0.222 e. The molecule has 92 valence electrons. The molecule has 0 spiro atoms. The van der Waals surface area contributed by atoms with Crippen molar-refractivity contribution in [1.29, 1.82) is 0 Å². The van der Waals surface area contributed by atoms with E-state index in [1.54, 1.807) is 6.07 Å². The average Bonchev–Trinajstić information content (AvgIpc) is 2.72. The van der Waals surface area contributed by atoms with Crippen LogP contribution in [0.1, 0.15) is 6.42 Å². The van der Waals surface area contributed by atoms with Crippen LogP contribution in [0.2, 0.25) is 0 Å². The van der Waals surface area contributed by atoms with Gasteiger partial charge in [-0.15, -0.1) is 0 Å². The first kappa shape index (κ1) is 12.4. The SMILES string of the molecule is NC(=O)C1CCN(c2cc(F)c(I)cc2N)C1. The number of amides is 1. The molecule has 1 amide bonds. The lowest BCUT2D eigenvalue weighted by molar-refractivity contribution is -0.121. The van der Waals surface area contributed by atoms with Crippen molar-refractivity contribution in [2.24, 2.45) is 11.7 Å². The van der Waals surface area contributed by atoms with Gasteiger partial charge in [-0.3, -0.25) is 4.79 Å². The average molecular weight is 349 g/mol. The number of hydrogen-bond acceptors (Lipinski definition) is 3. The van der Waals surface area contributed by atoms with Crippen LogP contribution in [-0.2, 0) is 4.79 Å². The van der Waals surface area contributed by atoms with Gasteiger partial charge < -0.3 is 16.4 Å². The van der Waals surface area contributed by atoms with E-state index in [-0.39, 0.29) is 17.6 Å². The highest BCUT2D eigenvalue weighted by molar-refractivity contribution is 14.1. The lowest BCUT2D eigenvalue weighted by Gasteiger charge is -2.20. The van der Waals surface area contributed by atoms with Crippen molar-refractivity contribution in [2.45, 2.75) is 6.42 Å². The number of nitrogens with zero attached hydrogens (tertiary/aromatic N) is 1. The summed E-state index contributed by atoms with van der Waals surface area (Å²) in [5.41, 5.74) is 12.3. The first-order valence-corrected chi connectivity index (χ1v) is 6.35. The van der Waals surface area contributed by atoms with E-state index in [1.807, 2.05) is 27.5 Å². The lowest BCUT2D eigenvalue weighted by Crippen LogP contribution is -2.27. The van der Waals surface area contributed by atoms with E-state index in [1.165, 1.54) is 6.07 Å². The van der Waals surface area contributed by atoms with Crippen LogP contribution in [0.3, 0.4) is 0 Å². The van der Waals surface area contributed by atoms with Crippen LogP contribution in [0.4, 0.5) is 15.8 Å². The zero-order valence-corrected chi connectivity index (χ0v) is 11.3. The van der Waals surface area contributed by atoms with Gasteiger partial charge in [-0.05, 0) is 35.1 Å². The van der Waals surface area contributed by atoms with Gasteiger partial charge in [0.05, 0.1) is 20.9 Å². The van der Waals surface area contributed by atoms with Gasteiger partial charge in [0.15, 0.2) is 0 Å². The van der Waals surface area contributed by atoms with Gasteiger partial charge >= 0.3 is 0 Å². The van der Waals surface area contributed by atoms with E-state index in [0.29, 0.717) is 34.5 Å². The highest BCUT2D eigenvalue weighted by Crippen LogP contribution is 2.31. The summed E-state index contributed by atoms with van der Waals surface area (Å²) in [6.07, 6.45) is 0.697. The Labute approximate surface area is 112 Å². The number of hydrogen-bond donors (Lipinski definition) is 2. The molecule has 1 atom stereocenters. The van der Waals surface area contributed by atoms with Crippen LogP contribution in [0, 0.1) is 15.3 Å². The largest absolute Gasteiger partial charge is 0.397 e. The zero-order valence-electron chi connectivity index (χ0n) is 9.12. The summed E-state index contributed by atoms with van der Waals surface area (Å²) in [7, 11) is 0. The van der Waals surface area contributed by atoms with Crippen molar-refractivity contribution in [1.82, 2.24) is 0 Å². The van der Waals surface area contributed by atoms with E-state index in [2.05, 4.69) is 0 Å². The molecule has 6 heteroatoms. The number of anilines is 2. The van der Waals surface area contributed by atoms with Crippen LogP contribution >= 0.6 is 22.6 Å². The third-order valence-electron chi connectivity index (χ3n) is 3.00. The van der Waals surface area contributed by atoms with Gasteiger partial charge in [0.25, 0.3) is 0 Å². The van der Waals surface area contributed by atoms with E-state index in [9.17, 15) is 9.18 Å². The standard InChI is InChI=1S/C11H13FIN3O/c12-7-3-10(9(14)4-8(7)13)16-2-1-6(5-16)11(15)17/h3-4,6H,1-2,5,14H2,(H2,15,17). The molecule has 1 aliphatic heterocycles. The summed E-state index contributed by atoms with van der Waals surface area (Å²) in [6, 6.07) is 3.02. The number of benzene rings is 1. The number of carbonyl (C=O) groups excluding carboxylic acids is 1. The van der Waals surface area contributed by atoms with E-state index in [4.69, 9.17) is 11.5 Å². The summed E-state index contributed by atoms with van der Waals surface area (Å²) < 4.78 is 14.0. The fourth-order valence-corrected chi connectivity index (χ4v) is 2.53. The molecule has 0 bridgehead atoms. The molecule has 17 heavy (non-hydrogen) atoms. The predicted octanol–water partition coefficient (Wildman–Crippen LogP) is 1.32. The van der Waals surface area contributed by atoms with Crippen molar-refractivity contribution in [3.05, 3.63) is 21.5 Å². The van der Waals surface area contributed by atoms with Crippen molar-refractivity contribution >= 4 is 39.9 Å². The van der Waals surface area contributed by atoms with Gasteiger partial charge in [-0.25, -0.2) is 4.39 Å². The quantitative estimate of drug-likeness (QED) is 0.625. The fraction of sp³-hybridized carbons (Fsp3) is 0.364. The number of nitrogen functional groups attached to an aromatic ring is 1. The third kappa shape index (κ3) is 2.46. The topological polar surface area (TPSA) is 72.4 Å². The molecule has 1 heterocycles. The summed E-state index contributed by atoms with van der Waals surface area (Å²) in [5.74, 6) is -0.772. The van der Waals surface area contributed by atoms with Crippen LogP contribution in [0.25, 0.3) is 0 Å². The van der Waals surface area contributed by atoms with Crippen LogP contribution < -0.4 is 16.4 Å². The molecule has 1 aromatic rings. The van der Waals surface area contributed by atoms with Crippen LogP contribution in [0.15, 0.2) is 12.1 Å². The number of halogens is 2. The predicted molar refractivity (Wildman–Crippen MR) is 73.0 cm³/mol.